The fourth-order valence-corrected chi connectivity index (χ4v) is 3.65. The predicted molar refractivity (Wildman–Crippen MR) is 105 cm³/mol. The highest BCUT2D eigenvalue weighted by Crippen LogP contribution is 2.27. The quantitative estimate of drug-likeness (QED) is 0.604. The lowest BCUT2D eigenvalue weighted by atomic mass is 10.1. The number of nitrogens with zero attached hydrogens (tertiary/aromatic N) is 3. The Morgan fingerprint density at radius 2 is 1.96 bits per heavy atom. The van der Waals surface area contributed by atoms with Gasteiger partial charge in [-0.3, -0.25) is 4.90 Å². The van der Waals surface area contributed by atoms with E-state index in [1.165, 1.54) is 15.8 Å². The van der Waals surface area contributed by atoms with Gasteiger partial charge in [0.05, 0.1) is 25.3 Å². The second-order valence-corrected chi connectivity index (χ2v) is 7.22. The number of thioether (sulfide) groups is 1. The molecule has 1 aromatic carbocycles. The molecule has 25 heavy (non-hydrogen) atoms. The number of aromatic nitrogens is 1. The third-order valence-corrected chi connectivity index (χ3v) is 5.42. The Kier molecular flexibility index (Phi) is 6.53. The van der Waals surface area contributed by atoms with Crippen LogP contribution in [0.25, 0.3) is 10.9 Å². The van der Waals surface area contributed by atoms with Crippen molar-refractivity contribution in [3.05, 3.63) is 29.8 Å². The van der Waals surface area contributed by atoms with E-state index < -0.39 is 0 Å². The van der Waals surface area contributed by atoms with Crippen molar-refractivity contribution in [1.29, 1.82) is 0 Å². The number of fused-ring (bicyclic) bond motifs is 1. The fraction of sp³-hybridized carbons (Fsp3) is 0.526. The molecule has 0 unspecified atom stereocenters. The van der Waals surface area contributed by atoms with E-state index in [2.05, 4.69) is 47.2 Å². The number of benzene rings is 1. The monoisotopic (exact) mass is 361 g/mol. The van der Waals surface area contributed by atoms with Gasteiger partial charge < -0.3 is 14.7 Å². The number of hydrogen-bond acceptors (Lipinski definition) is 6. The molecule has 1 aliphatic heterocycles. The topological polar surface area (TPSA) is 48.8 Å². The predicted octanol–water partition coefficient (Wildman–Crippen LogP) is 2.40. The van der Waals surface area contributed by atoms with Crippen molar-refractivity contribution in [1.82, 2.24) is 9.88 Å². The molecular weight excluding hydrogens is 334 g/mol. The van der Waals surface area contributed by atoms with Crippen LogP contribution in [0.5, 0.6) is 0 Å². The van der Waals surface area contributed by atoms with Crippen molar-refractivity contribution in [2.24, 2.45) is 0 Å². The largest absolute Gasteiger partial charge is 0.394 e. The first kappa shape index (κ1) is 18.5. The molecule has 5 nitrogen and oxygen atoms in total. The average molecular weight is 362 g/mol. The van der Waals surface area contributed by atoms with E-state index >= 15 is 0 Å². The minimum atomic E-state index is 0.0964. The molecule has 1 fully saturated rings. The first-order chi connectivity index (χ1) is 12.2. The van der Waals surface area contributed by atoms with Gasteiger partial charge in [0.15, 0.2) is 0 Å². The van der Waals surface area contributed by atoms with E-state index in [0.717, 1.165) is 44.1 Å². The number of ether oxygens (including phenoxy) is 1. The summed E-state index contributed by atoms with van der Waals surface area (Å²) in [5.74, 6) is 1.08. The highest BCUT2D eigenvalue weighted by molar-refractivity contribution is 7.98. The number of aliphatic hydroxyl groups excluding tert-OH is 1. The van der Waals surface area contributed by atoms with Crippen LogP contribution in [-0.2, 0) is 4.74 Å². The maximum Gasteiger partial charge on any atom is 0.129 e. The highest BCUT2D eigenvalue weighted by Gasteiger charge is 2.18. The van der Waals surface area contributed by atoms with Gasteiger partial charge in [-0.05, 0) is 43.0 Å². The molecule has 136 valence electrons. The molecule has 1 saturated heterocycles. The minimum absolute atomic E-state index is 0.0964. The van der Waals surface area contributed by atoms with Crippen LogP contribution in [0.15, 0.2) is 29.2 Å². The van der Waals surface area contributed by atoms with Crippen LogP contribution in [0.1, 0.15) is 5.56 Å². The number of piperazine rings is 1. The van der Waals surface area contributed by atoms with Crippen LogP contribution in [0.4, 0.5) is 5.82 Å². The number of hydrogen-bond donors (Lipinski definition) is 1. The van der Waals surface area contributed by atoms with Gasteiger partial charge in [0.2, 0.25) is 0 Å². The lowest BCUT2D eigenvalue weighted by Gasteiger charge is -2.35. The van der Waals surface area contributed by atoms with Gasteiger partial charge in [0.25, 0.3) is 0 Å². The Morgan fingerprint density at radius 3 is 2.68 bits per heavy atom. The molecule has 1 N–H and O–H groups in total. The normalized spacial score (nSPS) is 15.9. The summed E-state index contributed by atoms with van der Waals surface area (Å²) < 4.78 is 5.36. The van der Waals surface area contributed by atoms with Gasteiger partial charge in [-0.15, -0.1) is 11.8 Å². The highest BCUT2D eigenvalue weighted by atomic mass is 32.2. The molecule has 0 atom stereocenters. The third kappa shape index (κ3) is 4.64. The summed E-state index contributed by atoms with van der Waals surface area (Å²) >= 11 is 1.77. The molecule has 3 rings (SSSR count). The van der Waals surface area contributed by atoms with E-state index in [0.29, 0.717) is 13.2 Å². The zero-order valence-electron chi connectivity index (χ0n) is 15.1. The van der Waals surface area contributed by atoms with Gasteiger partial charge in [-0.25, -0.2) is 4.98 Å². The molecule has 0 spiro atoms. The lowest BCUT2D eigenvalue weighted by molar-refractivity contribution is 0.0724. The summed E-state index contributed by atoms with van der Waals surface area (Å²) in [6.45, 7) is 8.33. The summed E-state index contributed by atoms with van der Waals surface area (Å²) in [6, 6.07) is 8.73. The van der Waals surface area contributed by atoms with Crippen LogP contribution in [-0.4, -0.2) is 73.8 Å². The van der Waals surface area contributed by atoms with Crippen molar-refractivity contribution in [3.63, 3.8) is 0 Å². The first-order valence-electron chi connectivity index (χ1n) is 8.82. The smallest absolute Gasteiger partial charge is 0.129 e. The Hall–Kier alpha value is -1.34. The van der Waals surface area contributed by atoms with E-state index in [9.17, 15) is 0 Å². The second-order valence-electron chi connectivity index (χ2n) is 6.35. The molecule has 0 amide bonds. The maximum absolute atomic E-state index is 8.74. The number of aliphatic hydroxyl groups is 1. The van der Waals surface area contributed by atoms with Gasteiger partial charge in [-0.1, -0.05) is 0 Å². The standard InChI is InChI=1S/C19H27N3O2S/c1-15-13-19(20-18-4-3-16(25-2)14-17(15)18)22-7-5-21(6-8-22)9-11-24-12-10-23/h3-4,13-14,23H,5-12H2,1-2H3. The molecule has 1 aliphatic rings. The molecule has 0 aliphatic carbocycles. The number of rotatable bonds is 7. The molecule has 1 aromatic heterocycles. The number of pyridine rings is 1. The lowest BCUT2D eigenvalue weighted by Crippen LogP contribution is -2.47. The minimum Gasteiger partial charge on any atom is -0.394 e. The van der Waals surface area contributed by atoms with Crippen molar-refractivity contribution in [3.8, 4) is 0 Å². The Balaban J connectivity index is 1.63. The van der Waals surface area contributed by atoms with Crippen LogP contribution in [0.2, 0.25) is 0 Å². The van der Waals surface area contributed by atoms with Crippen LogP contribution in [0, 0.1) is 6.92 Å². The third-order valence-electron chi connectivity index (χ3n) is 4.69. The summed E-state index contributed by atoms with van der Waals surface area (Å²) in [5, 5.41) is 9.98. The molecule has 0 bridgehead atoms. The zero-order chi connectivity index (χ0) is 17.6. The number of anilines is 1. The van der Waals surface area contributed by atoms with E-state index in [1.807, 2.05) is 0 Å². The molecule has 2 heterocycles. The van der Waals surface area contributed by atoms with E-state index in [-0.39, 0.29) is 6.61 Å². The van der Waals surface area contributed by atoms with E-state index in [4.69, 9.17) is 14.8 Å². The zero-order valence-corrected chi connectivity index (χ0v) is 15.9. The van der Waals surface area contributed by atoms with Crippen molar-refractivity contribution in [2.75, 3.05) is 63.7 Å². The molecule has 0 radical (unpaired) electrons. The summed E-state index contributed by atoms with van der Waals surface area (Å²) in [6.07, 6.45) is 2.10. The van der Waals surface area contributed by atoms with Crippen molar-refractivity contribution >= 4 is 28.5 Å². The SMILES string of the molecule is CSc1ccc2nc(N3CCN(CCOCCO)CC3)cc(C)c2c1. The van der Waals surface area contributed by atoms with Crippen LogP contribution < -0.4 is 4.90 Å². The summed E-state index contributed by atoms with van der Waals surface area (Å²) in [4.78, 5) is 11.0. The second kappa shape index (κ2) is 8.85. The molecule has 0 saturated carbocycles. The number of aryl methyl sites for hydroxylation is 1. The van der Waals surface area contributed by atoms with Crippen molar-refractivity contribution in [2.45, 2.75) is 11.8 Å². The summed E-state index contributed by atoms with van der Waals surface area (Å²) in [7, 11) is 0. The first-order valence-corrected chi connectivity index (χ1v) is 10.0. The van der Waals surface area contributed by atoms with Gasteiger partial charge >= 0.3 is 0 Å². The maximum atomic E-state index is 8.74. The fourth-order valence-electron chi connectivity index (χ4n) is 3.21. The Labute approximate surface area is 154 Å². The Morgan fingerprint density at radius 1 is 1.16 bits per heavy atom. The van der Waals surface area contributed by atoms with Gasteiger partial charge in [0, 0.05) is 43.0 Å². The van der Waals surface area contributed by atoms with Crippen LogP contribution in [0.3, 0.4) is 0 Å². The van der Waals surface area contributed by atoms with E-state index in [1.54, 1.807) is 11.8 Å². The van der Waals surface area contributed by atoms with Crippen molar-refractivity contribution < 1.29 is 9.84 Å². The molecule has 2 aromatic rings. The Bertz CT molecular complexity index is 702. The average Bonchev–Trinajstić information content (AvgIpc) is 2.65. The van der Waals surface area contributed by atoms with Gasteiger partial charge in [-0.2, -0.15) is 0 Å². The van der Waals surface area contributed by atoms with Crippen LogP contribution >= 0.6 is 11.8 Å². The van der Waals surface area contributed by atoms with Gasteiger partial charge in [0.1, 0.15) is 5.82 Å². The molecule has 6 heteroatoms. The summed E-state index contributed by atoms with van der Waals surface area (Å²) in [5.41, 5.74) is 2.36. The molecular formula is C19H27N3O2S.